The number of hydrogen-bond acceptors (Lipinski definition) is 4. The zero-order valence-electron chi connectivity index (χ0n) is 10.4. The lowest BCUT2D eigenvalue weighted by atomic mass is 9.95. The molecule has 1 amide bonds. The van der Waals surface area contributed by atoms with Crippen LogP contribution in [0.3, 0.4) is 0 Å². The zero-order valence-corrected chi connectivity index (χ0v) is 10.4. The Bertz CT molecular complexity index is 394. The average molecular weight is 251 g/mol. The fraction of sp³-hybridized carbons (Fsp3) is 0.667. The number of allylic oxidation sites excluding steroid dienone is 1. The maximum atomic E-state index is 10.9. The summed E-state index contributed by atoms with van der Waals surface area (Å²) in [6.45, 7) is 2.56. The molecule has 2 heterocycles. The van der Waals surface area contributed by atoms with Gasteiger partial charge >= 0.3 is 6.09 Å². The summed E-state index contributed by atoms with van der Waals surface area (Å²) >= 11 is 0. The van der Waals surface area contributed by atoms with Crippen molar-refractivity contribution in [3.63, 3.8) is 0 Å². The summed E-state index contributed by atoms with van der Waals surface area (Å²) in [5.41, 5.74) is 1.13. The lowest BCUT2D eigenvalue weighted by Gasteiger charge is -2.47. The molecule has 6 nitrogen and oxygen atoms in total. The van der Waals surface area contributed by atoms with Crippen LogP contribution in [-0.4, -0.2) is 66.4 Å². The van der Waals surface area contributed by atoms with Crippen molar-refractivity contribution in [2.24, 2.45) is 0 Å². The molecule has 0 radical (unpaired) electrons. The summed E-state index contributed by atoms with van der Waals surface area (Å²) < 4.78 is 5.41. The highest BCUT2D eigenvalue weighted by Crippen LogP contribution is 2.26. The standard InChI is InChI=1S/C12H17N3O3/c1-18-11-8-14(12(16)17)5-3-10(11)15-6-9(7-15)2-4-13/h2,10-11H,3,5-8H2,1H3,(H,16,17). The minimum Gasteiger partial charge on any atom is -0.465 e. The van der Waals surface area contributed by atoms with Crippen LogP contribution in [0.25, 0.3) is 0 Å². The van der Waals surface area contributed by atoms with Crippen molar-refractivity contribution < 1.29 is 14.6 Å². The van der Waals surface area contributed by atoms with Gasteiger partial charge in [0.25, 0.3) is 0 Å². The number of amides is 1. The van der Waals surface area contributed by atoms with Crippen molar-refractivity contribution in [1.82, 2.24) is 9.80 Å². The van der Waals surface area contributed by atoms with Crippen molar-refractivity contribution in [2.75, 3.05) is 33.3 Å². The van der Waals surface area contributed by atoms with Crippen molar-refractivity contribution in [1.29, 1.82) is 5.26 Å². The quantitative estimate of drug-likeness (QED) is 0.724. The van der Waals surface area contributed by atoms with Gasteiger partial charge in [0.1, 0.15) is 0 Å². The number of hydrogen-bond donors (Lipinski definition) is 1. The topological polar surface area (TPSA) is 76.8 Å². The van der Waals surface area contributed by atoms with Gasteiger partial charge in [-0.05, 0) is 12.0 Å². The molecule has 1 N–H and O–H groups in total. The Labute approximate surface area is 106 Å². The number of nitriles is 1. The maximum absolute atomic E-state index is 10.9. The van der Waals surface area contributed by atoms with E-state index in [1.54, 1.807) is 13.2 Å². The van der Waals surface area contributed by atoms with Crippen LogP contribution in [0.4, 0.5) is 4.79 Å². The normalized spacial score (nSPS) is 28.4. The number of likely N-dealkylation sites (tertiary alicyclic amines) is 2. The highest BCUT2D eigenvalue weighted by Gasteiger charge is 2.38. The first kappa shape index (κ1) is 12.9. The Morgan fingerprint density at radius 3 is 2.89 bits per heavy atom. The van der Waals surface area contributed by atoms with Gasteiger partial charge in [0.05, 0.1) is 18.7 Å². The van der Waals surface area contributed by atoms with Gasteiger partial charge in [-0.1, -0.05) is 0 Å². The molecule has 18 heavy (non-hydrogen) atoms. The van der Waals surface area contributed by atoms with E-state index < -0.39 is 6.09 Å². The zero-order chi connectivity index (χ0) is 13.1. The van der Waals surface area contributed by atoms with Gasteiger partial charge in [0.2, 0.25) is 0 Å². The van der Waals surface area contributed by atoms with Crippen molar-refractivity contribution in [2.45, 2.75) is 18.6 Å². The second-order valence-electron chi connectivity index (χ2n) is 4.70. The lowest BCUT2D eigenvalue weighted by Crippen LogP contribution is -2.59. The highest BCUT2D eigenvalue weighted by atomic mass is 16.5. The third-order valence-electron chi connectivity index (χ3n) is 3.65. The molecule has 0 aromatic heterocycles. The van der Waals surface area contributed by atoms with Crippen LogP contribution in [0.1, 0.15) is 6.42 Å². The Morgan fingerprint density at radius 2 is 2.33 bits per heavy atom. The summed E-state index contributed by atoms with van der Waals surface area (Å²) in [4.78, 5) is 14.6. The first-order valence-corrected chi connectivity index (χ1v) is 5.98. The summed E-state index contributed by atoms with van der Waals surface area (Å²) in [6.07, 6.45) is 1.40. The van der Waals surface area contributed by atoms with Crippen LogP contribution < -0.4 is 0 Å². The fourth-order valence-corrected chi connectivity index (χ4v) is 2.62. The van der Waals surface area contributed by atoms with Gasteiger partial charge in [0, 0.05) is 38.9 Å². The third-order valence-corrected chi connectivity index (χ3v) is 3.65. The van der Waals surface area contributed by atoms with E-state index >= 15 is 0 Å². The largest absolute Gasteiger partial charge is 0.465 e. The summed E-state index contributed by atoms with van der Waals surface area (Å²) in [7, 11) is 1.62. The van der Waals surface area contributed by atoms with Crippen LogP contribution in [-0.2, 0) is 4.74 Å². The molecule has 2 rings (SSSR count). The summed E-state index contributed by atoms with van der Waals surface area (Å²) in [6, 6.07) is 2.29. The third kappa shape index (κ3) is 2.47. The SMILES string of the molecule is COC1CN(C(=O)O)CCC1N1CC(=CC#N)C1. The smallest absolute Gasteiger partial charge is 0.407 e. The molecule has 2 atom stereocenters. The van der Waals surface area contributed by atoms with Gasteiger partial charge in [-0.25, -0.2) is 4.79 Å². The van der Waals surface area contributed by atoms with Gasteiger partial charge in [0.15, 0.2) is 0 Å². The molecule has 6 heteroatoms. The van der Waals surface area contributed by atoms with E-state index in [1.165, 1.54) is 4.90 Å². The molecule has 2 unspecified atom stereocenters. The number of nitrogens with zero attached hydrogens (tertiary/aromatic N) is 3. The van der Waals surface area contributed by atoms with E-state index in [0.29, 0.717) is 13.1 Å². The molecule has 2 saturated heterocycles. The van der Waals surface area contributed by atoms with Crippen LogP contribution in [0.15, 0.2) is 11.6 Å². The van der Waals surface area contributed by atoms with E-state index in [1.807, 2.05) is 6.07 Å². The molecular formula is C12H17N3O3. The Kier molecular flexibility index (Phi) is 3.84. The Balaban J connectivity index is 1.93. The first-order valence-electron chi connectivity index (χ1n) is 5.98. The minimum atomic E-state index is -0.885. The number of carbonyl (C=O) groups is 1. The van der Waals surface area contributed by atoms with Crippen molar-refractivity contribution >= 4 is 6.09 Å². The number of ether oxygens (including phenoxy) is 1. The molecule has 2 aliphatic heterocycles. The van der Waals surface area contributed by atoms with Crippen molar-refractivity contribution in [3.05, 3.63) is 11.6 Å². The molecule has 0 bridgehead atoms. The molecule has 2 fully saturated rings. The first-order chi connectivity index (χ1) is 8.65. The van der Waals surface area contributed by atoms with Gasteiger partial charge in [-0.3, -0.25) is 4.90 Å². The Hall–Kier alpha value is -1.58. The van der Waals surface area contributed by atoms with Crippen LogP contribution >= 0.6 is 0 Å². The van der Waals surface area contributed by atoms with E-state index in [0.717, 1.165) is 25.1 Å². The lowest BCUT2D eigenvalue weighted by molar-refractivity contribution is -0.0387. The average Bonchev–Trinajstić information content (AvgIpc) is 2.32. The molecule has 0 aliphatic carbocycles. The molecular weight excluding hydrogens is 234 g/mol. The second-order valence-corrected chi connectivity index (χ2v) is 4.70. The summed E-state index contributed by atoms with van der Waals surface area (Å²) in [5, 5.41) is 17.5. The van der Waals surface area contributed by atoms with E-state index in [9.17, 15) is 4.79 Å². The molecule has 2 aliphatic rings. The molecule has 0 spiro atoms. The molecule has 0 aromatic rings. The number of rotatable bonds is 2. The van der Waals surface area contributed by atoms with Crippen molar-refractivity contribution in [3.8, 4) is 6.07 Å². The van der Waals surface area contributed by atoms with Gasteiger partial charge < -0.3 is 14.7 Å². The van der Waals surface area contributed by atoms with E-state index in [-0.39, 0.29) is 12.1 Å². The predicted octanol–water partition coefficient (Wildman–Crippen LogP) is 0.519. The van der Waals surface area contributed by atoms with Crippen LogP contribution in [0.2, 0.25) is 0 Å². The van der Waals surface area contributed by atoms with Gasteiger partial charge in [-0.2, -0.15) is 5.26 Å². The molecule has 0 aromatic carbocycles. The highest BCUT2D eigenvalue weighted by molar-refractivity contribution is 5.65. The summed E-state index contributed by atoms with van der Waals surface area (Å²) in [5.74, 6) is 0. The van der Waals surface area contributed by atoms with E-state index in [4.69, 9.17) is 15.1 Å². The minimum absolute atomic E-state index is 0.0847. The molecule has 98 valence electrons. The van der Waals surface area contributed by atoms with E-state index in [2.05, 4.69) is 4.90 Å². The molecule has 0 saturated carbocycles. The van der Waals surface area contributed by atoms with Crippen LogP contribution in [0.5, 0.6) is 0 Å². The Morgan fingerprint density at radius 1 is 1.61 bits per heavy atom. The number of methoxy groups -OCH3 is 1. The van der Waals surface area contributed by atoms with Crippen LogP contribution in [0, 0.1) is 11.3 Å². The fourth-order valence-electron chi connectivity index (χ4n) is 2.62. The number of piperidine rings is 1. The monoisotopic (exact) mass is 251 g/mol. The second kappa shape index (κ2) is 5.38. The predicted molar refractivity (Wildman–Crippen MR) is 64.1 cm³/mol. The van der Waals surface area contributed by atoms with Gasteiger partial charge in [-0.15, -0.1) is 0 Å². The maximum Gasteiger partial charge on any atom is 0.407 e. The number of carboxylic acid groups (broad SMARTS) is 1.